The van der Waals surface area contributed by atoms with Crippen molar-refractivity contribution in [2.75, 3.05) is 6.61 Å². The number of esters is 1. The van der Waals surface area contributed by atoms with Gasteiger partial charge in [-0.25, -0.2) is 13.6 Å². The molecule has 1 heterocycles. The Morgan fingerprint density at radius 2 is 2.25 bits per heavy atom. The van der Waals surface area contributed by atoms with Gasteiger partial charge in [0.2, 0.25) is 0 Å². The molecule has 0 spiro atoms. The van der Waals surface area contributed by atoms with Crippen LogP contribution < -0.4 is 5.56 Å². The number of pyridine rings is 1. The van der Waals surface area contributed by atoms with Crippen LogP contribution in [-0.4, -0.2) is 17.6 Å². The smallest absolute Gasteiger partial charge is 0.354 e. The van der Waals surface area contributed by atoms with Crippen LogP contribution in [0.3, 0.4) is 0 Å². The molecule has 16 heavy (non-hydrogen) atoms. The van der Waals surface area contributed by atoms with Gasteiger partial charge >= 0.3 is 5.97 Å². The number of aromatic nitrogens is 1. The number of nitrogens with one attached hydrogen (secondary N) is 1. The summed E-state index contributed by atoms with van der Waals surface area (Å²) in [6, 6.07) is 1.10. The number of rotatable bonds is 3. The summed E-state index contributed by atoms with van der Waals surface area (Å²) in [6.07, 6.45) is -2.91. The maximum absolute atomic E-state index is 12.4. The van der Waals surface area contributed by atoms with Crippen molar-refractivity contribution in [1.82, 2.24) is 4.98 Å². The van der Waals surface area contributed by atoms with Gasteiger partial charge in [-0.15, -0.1) is 0 Å². The van der Waals surface area contributed by atoms with Gasteiger partial charge in [-0.2, -0.15) is 0 Å². The lowest BCUT2D eigenvalue weighted by Gasteiger charge is -2.05. The Morgan fingerprint density at radius 1 is 1.62 bits per heavy atom. The number of hydrogen-bond donors (Lipinski definition) is 1. The first kappa shape index (κ1) is 12.8. The Hall–Kier alpha value is -1.24. The highest BCUT2D eigenvalue weighted by Crippen LogP contribution is 2.24. The van der Waals surface area contributed by atoms with Gasteiger partial charge in [-0.1, -0.05) is 15.9 Å². The molecule has 0 fully saturated rings. The summed E-state index contributed by atoms with van der Waals surface area (Å²) in [5, 5.41) is 0. The largest absolute Gasteiger partial charge is 0.461 e. The summed E-state index contributed by atoms with van der Waals surface area (Å²) < 4.78 is 29.3. The van der Waals surface area contributed by atoms with Gasteiger partial charge in [0.05, 0.1) is 12.2 Å². The first-order valence-electron chi connectivity index (χ1n) is 4.35. The van der Waals surface area contributed by atoms with Gasteiger partial charge in [0.15, 0.2) is 0 Å². The van der Waals surface area contributed by atoms with Gasteiger partial charge in [0, 0.05) is 4.47 Å². The van der Waals surface area contributed by atoms with Gasteiger partial charge in [-0.05, 0) is 13.0 Å². The molecule has 1 aromatic heterocycles. The summed E-state index contributed by atoms with van der Waals surface area (Å²) >= 11 is 2.81. The van der Waals surface area contributed by atoms with Gasteiger partial charge in [-0.3, -0.25) is 4.79 Å². The zero-order valence-corrected chi connectivity index (χ0v) is 9.81. The van der Waals surface area contributed by atoms with Crippen LogP contribution in [0.15, 0.2) is 15.3 Å². The summed E-state index contributed by atoms with van der Waals surface area (Å²) in [5.41, 5.74) is -1.87. The van der Waals surface area contributed by atoms with E-state index in [-0.39, 0.29) is 16.8 Å². The lowest BCUT2D eigenvalue weighted by atomic mass is 10.2. The Morgan fingerprint density at radius 3 is 2.69 bits per heavy atom. The molecule has 0 aliphatic carbocycles. The van der Waals surface area contributed by atoms with Crippen LogP contribution in [0, 0.1) is 0 Å². The molecule has 0 aliphatic heterocycles. The topological polar surface area (TPSA) is 59.2 Å². The van der Waals surface area contributed by atoms with Crippen LogP contribution in [0.5, 0.6) is 0 Å². The van der Waals surface area contributed by atoms with Crippen LogP contribution >= 0.6 is 15.9 Å². The summed E-state index contributed by atoms with van der Waals surface area (Å²) in [4.78, 5) is 24.5. The highest BCUT2D eigenvalue weighted by Gasteiger charge is 2.19. The molecule has 0 bridgehead atoms. The van der Waals surface area contributed by atoms with Gasteiger partial charge in [0.1, 0.15) is 5.69 Å². The van der Waals surface area contributed by atoms with E-state index in [0.29, 0.717) is 0 Å². The van der Waals surface area contributed by atoms with Crippen LogP contribution in [0.2, 0.25) is 0 Å². The third kappa shape index (κ3) is 2.66. The lowest BCUT2D eigenvalue weighted by molar-refractivity contribution is 0.0518. The van der Waals surface area contributed by atoms with Crippen molar-refractivity contribution in [2.45, 2.75) is 13.3 Å². The molecule has 0 atom stereocenters. The van der Waals surface area contributed by atoms with Crippen LogP contribution in [0.1, 0.15) is 29.4 Å². The zero-order valence-electron chi connectivity index (χ0n) is 8.22. The minimum atomic E-state index is -2.91. The SMILES string of the molecule is CCOC(=O)c1cc(Br)c(C(F)F)c(=O)[nH]1. The average molecular weight is 296 g/mol. The molecule has 0 unspecified atom stereocenters. The van der Waals surface area contributed by atoms with Crippen molar-refractivity contribution in [1.29, 1.82) is 0 Å². The molecule has 88 valence electrons. The predicted octanol–water partition coefficient (Wildman–Crippen LogP) is 2.25. The van der Waals surface area contributed by atoms with E-state index in [4.69, 9.17) is 0 Å². The first-order chi connectivity index (χ1) is 7.47. The fraction of sp³-hybridized carbons (Fsp3) is 0.333. The van der Waals surface area contributed by atoms with E-state index in [1.165, 1.54) is 0 Å². The van der Waals surface area contributed by atoms with E-state index in [1.807, 2.05) is 4.98 Å². The van der Waals surface area contributed by atoms with E-state index in [9.17, 15) is 18.4 Å². The Bertz CT molecular complexity index is 459. The standard InChI is InChI=1S/C9H8BrF2NO3/c1-2-16-9(15)5-3-4(10)6(7(11)12)8(14)13-5/h3,7H,2H2,1H3,(H,13,14). The van der Waals surface area contributed by atoms with Crippen molar-refractivity contribution < 1.29 is 18.3 Å². The third-order valence-electron chi connectivity index (χ3n) is 1.73. The molecule has 4 nitrogen and oxygen atoms in total. The lowest BCUT2D eigenvalue weighted by Crippen LogP contribution is -2.19. The number of hydrogen-bond acceptors (Lipinski definition) is 3. The summed E-state index contributed by atoms with van der Waals surface area (Å²) in [6.45, 7) is 1.73. The van der Waals surface area contributed by atoms with E-state index in [2.05, 4.69) is 20.7 Å². The van der Waals surface area contributed by atoms with Gasteiger partial charge < -0.3 is 9.72 Å². The molecule has 0 saturated heterocycles. The minimum absolute atomic E-state index is 0.116. The third-order valence-corrected chi connectivity index (χ3v) is 2.39. The maximum atomic E-state index is 12.4. The molecule has 1 rings (SSSR count). The molecule has 1 N–H and O–H groups in total. The quantitative estimate of drug-likeness (QED) is 0.870. The molecular formula is C9H8BrF2NO3. The summed E-state index contributed by atoms with van der Waals surface area (Å²) in [5.74, 6) is -0.763. The fourth-order valence-corrected chi connectivity index (χ4v) is 1.64. The highest BCUT2D eigenvalue weighted by atomic mass is 79.9. The number of H-pyrrole nitrogens is 1. The zero-order chi connectivity index (χ0) is 12.3. The minimum Gasteiger partial charge on any atom is -0.461 e. The van der Waals surface area contributed by atoms with Crippen molar-refractivity contribution in [3.8, 4) is 0 Å². The normalized spacial score (nSPS) is 10.6. The number of aromatic amines is 1. The van der Waals surface area contributed by atoms with Crippen molar-refractivity contribution in [2.24, 2.45) is 0 Å². The number of halogens is 3. The van der Waals surface area contributed by atoms with Crippen molar-refractivity contribution in [3.05, 3.63) is 32.2 Å². The van der Waals surface area contributed by atoms with E-state index in [1.54, 1.807) is 6.92 Å². The molecule has 7 heteroatoms. The number of carbonyl (C=O) groups is 1. The van der Waals surface area contributed by atoms with Crippen LogP contribution in [-0.2, 0) is 4.74 Å². The number of ether oxygens (including phenoxy) is 1. The highest BCUT2D eigenvalue weighted by molar-refractivity contribution is 9.10. The molecular weight excluding hydrogens is 288 g/mol. The fourth-order valence-electron chi connectivity index (χ4n) is 1.06. The Balaban J connectivity index is 3.20. The first-order valence-corrected chi connectivity index (χ1v) is 5.14. The molecule has 0 amide bonds. The predicted molar refractivity (Wildman–Crippen MR) is 55.7 cm³/mol. The Kier molecular flexibility index (Phi) is 4.17. The second-order valence-corrected chi connectivity index (χ2v) is 3.65. The number of alkyl halides is 2. The second-order valence-electron chi connectivity index (χ2n) is 2.79. The number of carbonyl (C=O) groups excluding carboxylic acids is 1. The second kappa shape index (κ2) is 5.20. The average Bonchev–Trinajstić information content (AvgIpc) is 2.16. The summed E-state index contributed by atoms with van der Waals surface area (Å²) in [7, 11) is 0. The van der Waals surface area contributed by atoms with E-state index >= 15 is 0 Å². The molecule has 0 radical (unpaired) electrons. The Labute approximate surface area is 97.7 Å². The molecule has 0 aromatic carbocycles. The van der Waals surface area contributed by atoms with Crippen molar-refractivity contribution in [3.63, 3.8) is 0 Å². The molecule has 0 aliphatic rings. The van der Waals surface area contributed by atoms with Crippen LogP contribution in [0.4, 0.5) is 8.78 Å². The molecule has 0 saturated carbocycles. The van der Waals surface area contributed by atoms with Crippen molar-refractivity contribution >= 4 is 21.9 Å². The van der Waals surface area contributed by atoms with E-state index < -0.39 is 23.5 Å². The monoisotopic (exact) mass is 295 g/mol. The van der Waals surface area contributed by atoms with Crippen LogP contribution in [0.25, 0.3) is 0 Å². The van der Waals surface area contributed by atoms with Gasteiger partial charge in [0.25, 0.3) is 12.0 Å². The maximum Gasteiger partial charge on any atom is 0.354 e. The van der Waals surface area contributed by atoms with E-state index in [0.717, 1.165) is 6.07 Å². The molecule has 1 aromatic rings.